The topological polar surface area (TPSA) is 19.7 Å². The lowest BCUT2D eigenvalue weighted by Gasteiger charge is -1.97. The van der Waals surface area contributed by atoms with E-state index in [1.807, 2.05) is 0 Å². The number of aromatic nitrogens is 2. The molecule has 0 amide bonds. The van der Waals surface area contributed by atoms with Crippen molar-refractivity contribution in [3.05, 3.63) is 78.6 Å². The van der Waals surface area contributed by atoms with Gasteiger partial charge in [-0.05, 0) is 6.07 Å². The summed E-state index contributed by atoms with van der Waals surface area (Å²) in [5.41, 5.74) is 3.69. The molecule has 21 heavy (non-hydrogen) atoms. The summed E-state index contributed by atoms with van der Waals surface area (Å²) in [6.45, 7) is 0.895. The molecule has 0 radical (unpaired) electrons. The number of nitrogens with zero attached hydrogens (tertiary/aromatic N) is 1. The molecule has 3 heteroatoms. The van der Waals surface area contributed by atoms with Gasteiger partial charge in [0, 0.05) is 27.9 Å². The van der Waals surface area contributed by atoms with Crippen LogP contribution in [0.1, 0.15) is 5.56 Å². The lowest BCUT2D eigenvalue weighted by atomic mass is 10.2. The van der Waals surface area contributed by atoms with E-state index in [2.05, 4.69) is 82.6 Å². The van der Waals surface area contributed by atoms with Crippen LogP contribution in [0.25, 0.3) is 21.8 Å². The summed E-state index contributed by atoms with van der Waals surface area (Å²) in [6.07, 6.45) is 4.33. The lowest BCUT2D eigenvalue weighted by molar-refractivity contribution is -0.687. The van der Waals surface area contributed by atoms with Gasteiger partial charge in [0.2, 0.25) is 0 Å². The Morgan fingerprint density at radius 3 is 2.33 bits per heavy atom. The lowest BCUT2D eigenvalue weighted by Crippen LogP contribution is -3.00. The average Bonchev–Trinajstić information content (AvgIpc) is 2.86. The Balaban J connectivity index is 0.00000132. The maximum atomic E-state index is 3.48. The van der Waals surface area contributed by atoms with Crippen LogP contribution in [0, 0.1) is 0 Å². The van der Waals surface area contributed by atoms with Gasteiger partial charge in [0.05, 0.1) is 0 Å². The van der Waals surface area contributed by atoms with E-state index in [9.17, 15) is 0 Å². The van der Waals surface area contributed by atoms with Crippen molar-refractivity contribution in [1.29, 1.82) is 0 Å². The summed E-state index contributed by atoms with van der Waals surface area (Å²) in [7, 11) is 0. The van der Waals surface area contributed by atoms with Crippen LogP contribution in [-0.2, 0) is 6.54 Å². The zero-order valence-electron chi connectivity index (χ0n) is 11.5. The number of hydrogen-bond donors (Lipinski definition) is 1. The predicted octanol–water partition coefficient (Wildman–Crippen LogP) is 0.661. The summed E-state index contributed by atoms with van der Waals surface area (Å²) in [4.78, 5) is 3.48. The van der Waals surface area contributed by atoms with E-state index >= 15 is 0 Å². The molecule has 0 spiro atoms. The Kier molecular flexibility index (Phi) is 3.76. The Morgan fingerprint density at radius 2 is 1.48 bits per heavy atom. The minimum atomic E-state index is 0. The molecule has 0 saturated heterocycles. The van der Waals surface area contributed by atoms with Crippen LogP contribution in [0.4, 0.5) is 0 Å². The highest BCUT2D eigenvalue weighted by Gasteiger charge is 2.08. The van der Waals surface area contributed by atoms with Crippen LogP contribution in [-0.4, -0.2) is 4.98 Å². The molecule has 1 N–H and O–H groups in total. The van der Waals surface area contributed by atoms with Gasteiger partial charge in [0.1, 0.15) is 5.52 Å². The average molecular weight is 339 g/mol. The fraction of sp³-hybridized carbons (Fsp3) is 0.0556. The molecule has 4 aromatic rings. The number of rotatable bonds is 2. The summed E-state index contributed by atoms with van der Waals surface area (Å²) in [5.74, 6) is 0. The van der Waals surface area contributed by atoms with Crippen molar-refractivity contribution in [1.82, 2.24) is 4.98 Å². The third kappa shape index (κ3) is 2.57. The molecule has 0 aliphatic carbocycles. The molecule has 2 aromatic carbocycles. The zero-order valence-corrected chi connectivity index (χ0v) is 13.0. The number of pyridine rings is 1. The first-order valence-corrected chi connectivity index (χ1v) is 6.83. The van der Waals surface area contributed by atoms with E-state index in [0.29, 0.717) is 0 Å². The smallest absolute Gasteiger partial charge is 0.193 e. The first-order chi connectivity index (χ1) is 9.90. The number of aromatic amines is 1. The molecule has 0 aliphatic heterocycles. The number of fused-ring (bicyclic) bond motifs is 3. The van der Waals surface area contributed by atoms with Crippen molar-refractivity contribution in [3.8, 4) is 0 Å². The largest absolute Gasteiger partial charge is 1.00 e. The molecule has 4 rings (SSSR count). The number of hydrogen-bond acceptors (Lipinski definition) is 0. The van der Waals surface area contributed by atoms with Crippen molar-refractivity contribution < 1.29 is 21.5 Å². The SMILES string of the molecule is [Br-].c1ccc(C[n+]2ccc3c(c2)[nH]c2ccccc23)cc1. The van der Waals surface area contributed by atoms with Gasteiger partial charge >= 0.3 is 0 Å². The first-order valence-electron chi connectivity index (χ1n) is 6.83. The molecule has 0 bridgehead atoms. The van der Waals surface area contributed by atoms with E-state index in [0.717, 1.165) is 6.54 Å². The minimum absolute atomic E-state index is 0. The Labute approximate surface area is 133 Å². The zero-order chi connectivity index (χ0) is 13.4. The summed E-state index contributed by atoms with van der Waals surface area (Å²) < 4.78 is 2.22. The third-order valence-electron chi connectivity index (χ3n) is 3.71. The number of H-pyrrole nitrogens is 1. The maximum absolute atomic E-state index is 3.48. The highest BCUT2D eigenvalue weighted by molar-refractivity contribution is 6.06. The molecule has 2 heterocycles. The van der Waals surface area contributed by atoms with Crippen LogP contribution in [0.15, 0.2) is 73.1 Å². The van der Waals surface area contributed by atoms with Crippen molar-refractivity contribution in [2.45, 2.75) is 6.54 Å². The van der Waals surface area contributed by atoms with Crippen LogP contribution < -0.4 is 21.5 Å². The van der Waals surface area contributed by atoms with Gasteiger partial charge in [0.15, 0.2) is 18.9 Å². The van der Waals surface area contributed by atoms with Crippen LogP contribution in [0.5, 0.6) is 0 Å². The molecule has 0 aliphatic rings. The molecule has 0 fully saturated rings. The Morgan fingerprint density at radius 1 is 0.762 bits per heavy atom. The van der Waals surface area contributed by atoms with Gasteiger partial charge in [-0.3, -0.25) is 0 Å². The molecule has 2 nitrogen and oxygen atoms in total. The molecule has 2 aromatic heterocycles. The van der Waals surface area contributed by atoms with E-state index in [-0.39, 0.29) is 17.0 Å². The first kappa shape index (κ1) is 13.8. The quantitative estimate of drug-likeness (QED) is 0.518. The molecule has 0 atom stereocenters. The normalized spacial score (nSPS) is 10.7. The molecule has 104 valence electrons. The summed E-state index contributed by atoms with van der Waals surface area (Å²) >= 11 is 0. The number of benzene rings is 2. The van der Waals surface area contributed by atoms with Crippen molar-refractivity contribution >= 4 is 21.8 Å². The molecular weight excluding hydrogens is 324 g/mol. The van der Waals surface area contributed by atoms with Gasteiger partial charge in [-0.15, -0.1) is 0 Å². The van der Waals surface area contributed by atoms with Crippen molar-refractivity contribution in [2.75, 3.05) is 0 Å². The summed E-state index contributed by atoms with van der Waals surface area (Å²) in [6, 6.07) is 21.1. The molecule has 0 saturated carbocycles. The molecule has 0 unspecified atom stereocenters. The second kappa shape index (κ2) is 5.70. The van der Waals surface area contributed by atoms with Gasteiger partial charge < -0.3 is 22.0 Å². The second-order valence-electron chi connectivity index (χ2n) is 5.10. The highest BCUT2D eigenvalue weighted by Crippen LogP contribution is 2.23. The van der Waals surface area contributed by atoms with Crippen molar-refractivity contribution in [2.24, 2.45) is 0 Å². The van der Waals surface area contributed by atoms with E-state index < -0.39 is 0 Å². The fourth-order valence-electron chi connectivity index (χ4n) is 2.74. The predicted molar refractivity (Wildman–Crippen MR) is 81.5 cm³/mol. The van der Waals surface area contributed by atoms with E-state index in [1.54, 1.807) is 0 Å². The van der Waals surface area contributed by atoms with Gasteiger partial charge in [-0.1, -0.05) is 48.5 Å². The van der Waals surface area contributed by atoms with Gasteiger partial charge in [0.25, 0.3) is 0 Å². The van der Waals surface area contributed by atoms with Crippen LogP contribution in [0.3, 0.4) is 0 Å². The third-order valence-corrected chi connectivity index (χ3v) is 3.71. The fourth-order valence-corrected chi connectivity index (χ4v) is 2.74. The number of halogens is 1. The monoisotopic (exact) mass is 338 g/mol. The highest BCUT2D eigenvalue weighted by atomic mass is 79.9. The van der Waals surface area contributed by atoms with Crippen molar-refractivity contribution in [3.63, 3.8) is 0 Å². The van der Waals surface area contributed by atoms with E-state index in [1.165, 1.54) is 27.4 Å². The van der Waals surface area contributed by atoms with Crippen LogP contribution in [0.2, 0.25) is 0 Å². The minimum Gasteiger partial charge on any atom is -1.00 e. The van der Waals surface area contributed by atoms with Crippen LogP contribution >= 0.6 is 0 Å². The van der Waals surface area contributed by atoms with Gasteiger partial charge in [-0.2, -0.15) is 4.57 Å². The van der Waals surface area contributed by atoms with Gasteiger partial charge in [-0.25, -0.2) is 0 Å². The number of para-hydroxylation sites is 1. The maximum Gasteiger partial charge on any atom is 0.193 e. The number of nitrogens with one attached hydrogen (secondary N) is 1. The molecular formula is C18H15BrN2. The summed E-state index contributed by atoms with van der Waals surface area (Å²) in [5, 5.41) is 2.57. The van der Waals surface area contributed by atoms with E-state index in [4.69, 9.17) is 0 Å². The second-order valence-corrected chi connectivity index (χ2v) is 5.10. The standard InChI is InChI=1S/C18H14N2.BrH/c1-2-6-14(7-3-1)12-20-11-10-16-15-8-4-5-9-17(15)19-18(16)13-20;/h1-11,13H,12H2;1H. The Hall–Kier alpha value is -2.13. The Bertz CT molecular complexity index is 881.